The molecular formula is C11H12N2O5S2. The molecule has 2 heterocycles. The molecule has 0 unspecified atom stereocenters. The third kappa shape index (κ3) is 2.56. The largest absolute Gasteiger partial charge is 0.477 e. The van der Waals surface area contributed by atoms with Crippen molar-refractivity contribution < 1.29 is 24.2 Å². The Morgan fingerprint density at radius 3 is 2.90 bits per heavy atom. The highest BCUT2D eigenvalue weighted by Gasteiger charge is 2.51. The van der Waals surface area contributed by atoms with Gasteiger partial charge in [-0.2, -0.15) is 0 Å². The molecule has 0 aliphatic carbocycles. The van der Waals surface area contributed by atoms with Crippen LogP contribution in [-0.4, -0.2) is 52.1 Å². The van der Waals surface area contributed by atoms with Gasteiger partial charge in [0.05, 0.1) is 7.11 Å². The van der Waals surface area contributed by atoms with Crippen LogP contribution in [0, 0.1) is 0 Å². The van der Waals surface area contributed by atoms with Crippen LogP contribution in [-0.2, 0) is 19.1 Å². The summed E-state index contributed by atoms with van der Waals surface area (Å²) in [4.78, 5) is 35.7. The summed E-state index contributed by atoms with van der Waals surface area (Å²) in [6.45, 7) is 0. The Balaban J connectivity index is 2.20. The van der Waals surface area contributed by atoms with Gasteiger partial charge in [-0.25, -0.2) is 9.59 Å². The van der Waals surface area contributed by atoms with Crippen molar-refractivity contribution in [1.82, 2.24) is 4.90 Å². The highest BCUT2D eigenvalue weighted by Crippen LogP contribution is 2.42. The number of β-lactam (4-membered cyclic amide) rings is 1. The maximum atomic E-state index is 11.7. The zero-order valence-corrected chi connectivity index (χ0v) is 12.1. The lowest BCUT2D eigenvalue weighted by Crippen LogP contribution is -2.68. The normalized spacial score (nSPS) is 25.5. The summed E-state index contributed by atoms with van der Waals surface area (Å²) in [7, 11) is 1.25. The summed E-state index contributed by atoms with van der Waals surface area (Å²) >= 11 is 2.49. The molecule has 0 radical (unpaired) electrons. The van der Waals surface area contributed by atoms with Crippen molar-refractivity contribution in [1.29, 1.82) is 0 Å². The summed E-state index contributed by atoms with van der Waals surface area (Å²) in [6, 6.07) is -0.647. The number of rotatable bonds is 4. The Hall–Kier alpha value is -1.45. The van der Waals surface area contributed by atoms with E-state index in [1.807, 2.05) is 0 Å². The molecule has 1 fully saturated rings. The summed E-state index contributed by atoms with van der Waals surface area (Å²) in [6.07, 6.45) is 1.19. The van der Waals surface area contributed by atoms with E-state index in [4.69, 9.17) is 5.73 Å². The fourth-order valence-electron chi connectivity index (χ4n) is 1.82. The molecule has 2 aliphatic rings. The van der Waals surface area contributed by atoms with Gasteiger partial charge in [0.1, 0.15) is 17.1 Å². The van der Waals surface area contributed by atoms with Gasteiger partial charge in [0.25, 0.3) is 0 Å². The predicted octanol–water partition coefficient (Wildman–Crippen LogP) is -0.0551. The van der Waals surface area contributed by atoms with Crippen LogP contribution in [0.25, 0.3) is 0 Å². The molecular weight excluding hydrogens is 304 g/mol. The molecule has 2 aliphatic heterocycles. The lowest BCUT2D eigenvalue weighted by molar-refractivity contribution is -0.147. The van der Waals surface area contributed by atoms with Gasteiger partial charge in [-0.1, -0.05) is 11.8 Å². The van der Waals surface area contributed by atoms with E-state index in [9.17, 15) is 19.5 Å². The van der Waals surface area contributed by atoms with Crippen molar-refractivity contribution in [2.24, 2.45) is 5.73 Å². The summed E-state index contributed by atoms with van der Waals surface area (Å²) in [5, 5.41) is 10.4. The van der Waals surface area contributed by atoms with E-state index in [0.717, 1.165) is 11.8 Å². The number of carboxylic acids is 1. The molecule has 0 aromatic carbocycles. The maximum Gasteiger partial charge on any atom is 0.353 e. The average Bonchev–Trinajstić information content (AvgIpc) is 2.45. The van der Waals surface area contributed by atoms with E-state index in [1.165, 1.54) is 35.3 Å². The second-order valence-corrected chi connectivity index (χ2v) is 6.06. The average molecular weight is 316 g/mol. The van der Waals surface area contributed by atoms with Crippen molar-refractivity contribution in [2.75, 3.05) is 12.9 Å². The van der Waals surface area contributed by atoms with Crippen molar-refractivity contribution >= 4 is 41.4 Å². The molecule has 1 saturated heterocycles. The van der Waals surface area contributed by atoms with Gasteiger partial charge in [0.2, 0.25) is 5.91 Å². The van der Waals surface area contributed by atoms with Gasteiger partial charge >= 0.3 is 11.9 Å². The number of carbonyl (C=O) groups excluding carboxylic acids is 2. The van der Waals surface area contributed by atoms with E-state index in [1.54, 1.807) is 0 Å². The van der Waals surface area contributed by atoms with Crippen molar-refractivity contribution in [2.45, 2.75) is 11.4 Å². The first-order valence-electron chi connectivity index (χ1n) is 5.55. The highest BCUT2D eigenvalue weighted by molar-refractivity contribution is 8.08. The summed E-state index contributed by atoms with van der Waals surface area (Å²) in [5.74, 6) is -1.67. The number of hydrogen-bond donors (Lipinski definition) is 2. The third-order valence-corrected chi connectivity index (χ3v) is 5.17. The Bertz CT molecular complexity index is 531. The molecule has 7 nitrogen and oxygen atoms in total. The van der Waals surface area contributed by atoms with Crippen LogP contribution in [0.4, 0.5) is 0 Å². The minimum absolute atomic E-state index is 0.0556. The summed E-state index contributed by atoms with van der Waals surface area (Å²) < 4.78 is 4.44. The second kappa shape index (κ2) is 5.90. The molecule has 108 valence electrons. The minimum atomic E-state index is -1.18. The van der Waals surface area contributed by atoms with E-state index in [0.29, 0.717) is 10.7 Å². The van der Waals surface area contributed by atoms with Crippen LogP contribution in [0.3, 0.4) is 0 Å². The zero-order chi connectivity index (χ0) is 14.9. The molecule has 0 aromatic heterocycles. The number of aliphatic carboxylic acids is 1. The maximum absolute atomic E-state index is 11.7. The Morgan fingerprint density at radius 2 is 2.30 bits per heavy atom. The lowest BCUT2D eigenvalue weighted by Gasteiger charge is -2.47. The van der Waals surface area contributed by atoms with Crippen LogP contribution in [0.1, 0.15) is 0 Å². The third-order valence-electron chi connectivity index (χ3n) is 2.79. The first-order valence-corrected chi connectivity index (χ1v) is 7.48. The predicted molar refractivity (Wildman–Crippen MR) is 74.5 cm³/mol. The van der Waals surface area contributed by atoms with E-state index < -0.39 is 23.9 Å². The molecule has 1 amide bonds. The van der Waals surface area contributed by atoms with Crippen LogP contribution in [0.5, 0.6) is 0 Å². The number of esters is 1. The fourth-order valence-corrected chi connectivity index (χ4v) is 4.08. The van der Waals surface area contributed by atoms with Crippen LogP contribution >= 0.6 is 23.5 Å². The number of amides is 1. The smallest absolute Gasteiger partial charge is 0.353 e. The first kappa shape index (κ1) is 14.9. The van der Waals surface area contributed by atoms with Gasteiger partial charge in [-0.3, -0.25) is 9.69 Å². The standard InChI is InChI=1S/C11H12N2O5S2/c1-18-6(14)2-3-19-5-4-20-10-7(12)9(15)13(10)8(5)11(16)17/h2-3,7,10H,4,12H2,1H3,(H,16,17)/t7-,10+/m1/s1. The number of ether oxygens (including phenoxy) is 1. The van der Waals surface area contributed by atoms with E-state index in [-0.39, 0.29) is 11.1 Å². The second-order valence-electron chi connectivity index (χ2n) is 3.96. The number of fused-ring (bicyclic) bond motifs is 1. The monoisotopic (exact) mass is 316 g/mol. The van der Waals surface area contributed by atoms with Crippen molar-refractivity contribution in [3.63, 3.8) is 0 Å². The number of carbonyl (C=O) groups is 3. The lowest BCUT2D eigenvalue weighted by atomic mass is 10.1. The number of carboxylic acid groups (broad SMARTS) is 1. The van der Waals surface area contributed by atoms with Gasteiger partial charge in [0, 0.05) is 16.7 Å². The van der Waals surface area contributed by atoms with Gasteiger partial charge in [-0.05, 0) is 5.41 Å². The summed E-state index contributed by atoms with van der Waals surface area (Å²) in [5.41, 5.74) is 5.58. The topological polar surface area (TPSA) is 110 Å². The minimum Gasteiger partial charge on any atom is -0.477 e. The number of hydrogen-bond acceptors (Lipinski definition) is 7. The van der Waals surface area contributed by atoms with E-state index in [2.05, 4.69) is 4.74 Å². The van der Waals surface area contributed by atoms with Gasteiger partial charge in [-0.15, -0.1) is 11.8 Å². The van der Waals surface area contributed by atoms with E-state index >= 15 is 0 Å². The Kier molecular flexibility index (Phi) is 4.41. The van der Waals surface area contributed by atoms with Crippen molar-refractivity contribution in [3.05, 3.63) is 22.1 Å². The van der Waals surface area contributed by atoms with Crippen LogP contribution < -0.4 is 5.73 Å². The van der Waals surface area contributed by atoms with Gasteiger partial charge < -0.3 is 15.6 Å². The molecule has 2 rings (SSSR count). The fraction of sp³-hybridized carbons (Fsp3) is 0.364. The number of methoxy groups -OCH3 is 1. The first-order chi connectivity index (χ1) is 9.47. The molecule has 20 heavy (non-hydrogen) atoms. The van der Waals surface area contributed by atoms with Gasteiger partial charge in [0.15, 0.2) is 0 Å². The molecule has 0 saturated carbocycles. The quantitative estimate of drug-likeness (QED) is 0.422. The molecule has 0 spiro atoms. The number of nitrogens with two attached hydrogens (primary N) is 1. The Morgan fingerprint density at radius 1 is 1.60 bits per heavy atom. The number of thioether (sulfide) groups is 2. The zero-order valence-electron chi connectivity index (χ0n) is 10.4. The molecule has 0 aromatic rings. The van der Waals surface area contributed by atoms with Crippen LogP contribution in [0.2, 0.25) is 0 Å². The molecule has 9 heteroatoms. The molecule has 0 bridgehead atoms. The van der Waals surface area contributed by atoms with Crippen LogP contribution in [0.15, 0.2) is 22.1 Å². The highest BCUT2D eigenvalue weighted by atomic mass is 32.2. The number of nitrogens with zero attached hydrogens (tertiary/aromatic N) is 1. The Labute approximate surface area is 123 Å². The van der Waals surface area contributed by atoms with Crippen molar-refractivity contribution in [3.8, 4) is 0 Å². The SMILES string of the molecule is COC(=O)C=CSC1=C(C(=O)O)N2C(=O)[C@@H](N)[C@@H]2SC1. The molecule has 3 N–H and O–H groups in total. The molecule has 2 atom stereocenters.